The maximum atomic E-state index is 15.4. The number of alkyl halides is 2. The largest absolute Gasteiger partial charge is 0.382 e. The van der Waals surface area contributed by atoms with E-state index in [-0.39, 0.29) is 22.6 Å². The molecule has 11 heteroatoms. The molecule has 0 saturated heterocycles. The van der Waals surface area contributed by atoms with Crippen LogP contribution in [0, 0.1) is 18.6 Å². The van der Waals surface area contributed by atoms with Crippen molar-refractivity contribution in [2.75, 3.05) is 12.3 Å². The summed E-state index contributed by atoms with van der Waals surface area (Å²) in [4.78, 5) is 16.7. The van der Waals surface area contributed by atoms with Crippen molar-refractivity contribution in [1.82, 2.24) is 19.9 Å². The Bertz CT molecular complexity index is 1370. The van der Waals surface area contributed by atoms with Crippen LogP contribution in [0.2, 0.25) is 0 Å². The molecule has 4 N–H and O–H groups in total. The molecule has 0 unspecified atom stereocenters. The van der Waals surface area contributed by atoms with Gasteiger partial charge in [-0.15, -0.1) is 5.10 Å². The van der Waals surface area contributed by atoms with E-state index in [1.165, 1.54) is 35.8 Å². The molecule has 0 saturated carbocycles. The summed E-state index contributed by atoms with van der Waals surface area (Å²) in [6, 6.07) is 9.91. The fourth-order valence-electron chi connectivity index (χ4n) is 3.51. The highest BCUT2D eigenvalue weighted by molar-refractivity contribution is 5.97. The van der Waals surface area contributed by atoms with Gasteiger partial charge >= 0.3 is 0 Å². The Labute approximate surface area is 190 Å². The van der Waals surface area contributed by atoms with Crippen LogP contribution in [0.3, 0.4) is 0 Å². The maximum absolute atomic E-state index is 15.4. The summed E-state index contributed by atoms with van der Waals surface area (Å²) in [5.74, 6) is -6.39. The van der Waals surface area contributed by atoms with E-state index in [0.717, 1.165) is 24.3 Å². The zero-order chi connectivity index (χ0) is 24.6. The number of amides is 1. The molecule has 0 aliphatic heterocycles. The SMILES string of the molecule is Cc1ccc(-c2ccn3nc(N)nc3c2)c(F)c1C(=O)NCC(F)(F)[C@@H](O)c1ccc(F)cc1. The Morgan fingerprint density at radius 3 is 2.59 bits per heavy atom. The van der Waals surface area contributed by atoms with E-state index >= 15 is 4.39 Å². The van der Waals surface area contributed by atoms with Gasteiger partial charge in [0, 0.05) is 11.8 Å². The molecule has 0 bridgehead atoms. The van der Waals surface area contributed by atoms with Crippen molar-refractivity contribution in [3.63, 3.8) is 0 Å². The fraction of sp³-hybridized carbons (Fsp3) is 0.174. The summed E-state index contributed by atoms with van der Waals surface area (Å²) in [6.07, 6.45) is -0.780. The van der Waals surface area contributed by atoms with E-state index < -0.39 is 41.7 Å². The number of aromatic nitrogens is 3. The number of nitrogens with zero attached hydrogens (tertiary/aromatic N) is 3. The van der Waals surface area contributed by atoms with Crippen molar-refractivity contribution in [2.45, 2.75) is 19.0 Å². The average Bonchev–Trinajstić information content (AvgIpc) is 3.17. The fourth-order valence-corrected chi connectivity index (χ4v) is 3.51. The van der Waals surface area contributed by atoms with Crippen LogP contribution in [0.25, 0.3) is 16.8 Å². The minimum atomic E-state index is -3.80. The molecule has 0 spiro atoms. The van der Waals surface area contributed by atoms with E-state index in [2.05, 4.69) is 10.1 Å². The van der Waals surface area contributed by atoms with Crippen LogP contribution in [0.5, 0.6) is 0 Å². The first kappa shape index (κ1) is 23.2. The second-order valence-corrected chi connectivity index (χ2v) is 7.70. The predicted molar refractivity (Wildman–Crippen MR) is 116 cm³/mol. The minimum Gasteiger partial charge on any atom is -0.382 e. The first-order chi connectivity index (χ1) is 16.1. The van der Waals surface area contributed by atoms with Crippen molar-refractivity contribution < 1.29 is 27.5 Å². The number of hydrogen-bond acceptors (Lipinski definition) is 5. The van der Waals surface area contributed by atoms with Crippen molar-refractivity contribution in [3.8, 4) is 11.1 Å². The van der Waals surface area contributed by atoms with Crippen molar-refractivity contribution in [1.29, 1.82) is 0 Å². The second-order valence-electron chi connectivity index (χ2n) is 7.70. The molecule has 2 aromatic heterocycles. The third-order valence-corrected chi connectivity index (χ3v) is 5.31. The molecule has 7 nitrogen and oxygen atoms in total. The first-order valence-electron chi connectivity index (χ1n) is 10.1. The van der Waals surface area contributed by atoms with Gasteiger partial charge in [0.05, 0.1) is 12.1 Å². The smallest absolute Gasteiger partial charge is 0.294 e. The lowest BCUT2D eigenvalue weighted by atomic mass is 9.98. The highest BCUT2D eigenvalue weighted by Crippen LogP contribution is 2.32. The van der Waals surface area contributed by atoms with Gasteiger partial charge in [-0.2, -0.15) is 4.98 Å². The molecule has 2 aromatic carbocycles. The normalized spacial score (nSPS) is 12.6. The van der Waals surface area contributed by atoms with E-state index in [1.54, 1.807) is 6.07 Å². The molecule has 4 aromatic rings. The Hall–Kier alpha value is -3.99. The van der Waals surface area contributed by atoms with Gasteiger partial charge in [-0.05, 0) is 47.9 Å². The molecule has 176 valence electrons. The maximum Gasteiger partial charge on any atom is 0.294 e. The summed E-state index contributed by atoms with van der Waals surface area (Å²) < 4.78 is 58.8. The Balaban J connectivity index is 1.57. The highest BCUT2D eigenvalue weighted by atomic mass is 19.3. The van der Waals surface area contributed by atoms with Crippen LogP contribution in [-0.2, 0) is 0 Å². The molecule has 0 aliphatic rings. The third kappa shape index (κ3) is 4.42. The van der Waals surface area contributed by atoms with E-state index in [9.17, 15) is 23.1 Å². The van der Waals surface area contributed by atoms with Crippen molar-refractivity contribution in [3.05, 3.63) is 83.1 Å². The topological polar surface area (TPSA) is 106 Å². The first-order valence-corrected chi connectivity index (χ1v) is 10.1. The van der Waals surface area contributed by atoms with Crippen LogP contribution >= 0.6 is 0 Å². The lowest BCUT2D eigenvalue weighted by Crippen LogP contribution is -2.41. The van der Waals surface area contributed by atoms with Crippen molar-refractivity contribution in [2.24, 2.45) is 0 Å². The Morgan fingerprint density at radius 2 is 1.88 bits per heavy atom. The number of pyridine rings is 1. The average molecular weight is 473 g/mol. The van der Waals surface area contributed by atoms with Crippen molar-refractivity contribution >= 4 is 17.5 Å². The zero-order valence-corrected chi connectivity index (χ0v) is 17.8. The summed E-state index contributed by atoms with van der Waals surface area (Å²) in [5.41, 5.74) is 5.94. The molecular weight excluding hydrogens is 454 g/mol. The second kappa shape index (κ2) is 8.75. The molecular formula is C23H19F4N5O2. The lowest BCUT2D eigenvalue weighted by molar-refractivity contribution is -0.106. The van der Waals surface area contributed by atoms with Gasteiger partial charge in [-0.3, -0.25) is 4.79 Å². The predicted octanol–water partition coefficient (Wildman–Crippen LogP) is 3.66. The number of benzene rings is 2. The number of halogens is 4. The summed E-state index contributed by atoms with van der Waals surface area (Å²) in [7, 11) is 0. The van der Waals surface area contributed by atoms with Gasteiger partial charge < -0.3 is 16.2 Å². The number of rotatable bonds is 6. The van der Waals surface area contributed by atoms with Crippen LogP contribution in [-0.4, -0.2) is 38.1 Å². The van der Waals surface area contributed by atoms with Gasteiger partial charge in [-0.25, -0.2) is 22.1 Å². The molecule has 0 aliphatic carbocycles. The van der Waals surface area contributed by atoms with Gasteiger partial charge in [0.25, 0.3) is 11.8 Å². The molecule has 4 rings (SSSR count). The van der Waals surface area contributed by atoms with E-state index in [0.29, 0.717) is 11.2 Å². The summed E-state index contributed by atoms with van der Waals surface area (Å²) in [5, 5.41) is 15.9. The number of aliphatic hydroxyl groups excluding tert-OH is 1. The van der Waals surface area contributed by atoms with E-state index in [1.807, 2.05) is 5.32 Å². The third-order valence-electron chi connectivity index (χ3n) is 5.31. The number of nitrogen functional groups attached to an aromatic ring is 1. The number of nitrogens with two attached hydrogens (primary N) is 1. The number of carbonyl (C=O) groups is 1. The quantitative estimate of drug-likeness (QED) is 0.371. The molecule has 2 heterocycles. The number of carbonyl (C=O) groups excluding carboxylic acids is 1. The van der Waals surface area contributed by atoms with Gasteiger partial charge in [0.15, 0.2) is 5.65 Å². The number of anilines is 1. The summed E-state index contributed by atoms with van der Waals surface area (Å²) >= 11 is 0. The highest BCUT2D eigenvalue weighted by Gasteiger charge is 2.40. The van der Waals surface area contributed by atoms with Gasteiger partial charge in [-0.1, -0.05) is 24.3 Å². The monoisotopic (exact) mass is 473 g/mol. The number of aryl methyl sites for hydroxylation is 1. The molecule has 1 atom stereocenters. The van der Waals surface area contributed by atoms with Gasteiger partial charge in [0.2, 0.25) is 5.95 Å². The number of fused-ring (bicyclic) bond motifs is 1. The van der Waals surface area contributed by atoms with Crippen LogP contribution < -0.4 is 11.1 Å². The minimum absolute atomic E-state index is 0.0327. The number of hydrogen-bond donors (Lipinski definition) is 3. The lowest BCUT2D eigenvalue weighted by Gasteiger charge is -2.23. The summed E-state index contributed by atoms with van der Waals surface area (Å²) in [6.45, 7) is 0.203. The Morgan fingerprint density at radius 1 is 1.18 bits per heavy atom. The number of aliphatic hydroxyl groups is 1. The molecule has 34 heavy (non-hydrogen) atoms. The molecule has 1 amide bonds. The van der Waals surface area contributed by atoms with E-state index in [4.69, 9.17) is 5.73 Å². The van der Waals surface area contributed by atoms with Gasteiger partial charge in [0.1, 0.15) is 17.7 Å². The molecule has 0 radical (unpaired) electrons. The standard InChI is InChI=1S/C23H19F4N5O2/c1-12-2-7-16(14-8-9-32-17(10-14)30-22(28)31-32)19(25)18(12)21(34)29-11-23(26,27)20(33)13-3-5-15(24)6-4-13/h2-10,20,33H,11H2,1H3,(H2,28,31)(H,29,34)/t20-/m0/s1. The molecule has 0 fully saturated rings. The zero-order valence-electron chi connectivity index (χ0n) is 17.8. The van der Waals surface area contributed by atoms with Crippen LogP contribution in [0.1, 0.15) is 27.6 Å². The van der Waals surface area contributed by atoms with Crippen LogP contribution in [0.4, 0.5) is 23.5 Å². The van der Waals surface area contributed by atoms with Crippen LogP contribution in [0.15, 0.2) is 54.7 Å². The number of nitrogens with one attached hydrogen (secondary N) is 1. The Kier molecular flexibility index (Phi) is 5.96.